The van der Waals surface area contributed by atoms with Crippen LogP contribution in [0.3, 0.4) is 0 Å². The van der Waals surface area contributed by atoms with Gasteiger partial charge in [0.1, 0.15) is 22.7 Å². The van der Waals surface area contributed by atoms with Crippen LogP contribution in [0.2, 0.25) is 0 Å². The molecule has 4 rings (SSSR count). The molecule has 4 aromatic rings. The number of nitrogens with two attached hydrogens (primary N) is 4. The average Bonchev–Trinajstić information content (AvgIpc) is 2.91. The van der Waals surface area contributed by atoms with E-state index < -0.39 is 47.9 Å². The van der Waals surface area contributed by atoms with Crippen molar-refractivity contribution in [2.45, 2.75) is 5.41 Å². The zero-order valence-electron chi connectivity index (χ0n) is 20.8. The van der Waals surface area contributed by atoms with Crippen molar-refractivity contribution in [1.82, 2.24) is 0 Å². The number of anilines is 4. The highest BCUT2D eigenvalue weighted by atomic mass is 16.6. The normalized spacial score (nSPS) is 11.1. The van der Waals surface area contributed by atoms with E-state index in [0.29, 0.717) is 0 Å². The maximum absolute atomic E-state index is 11.9. The van der Waals surface area contributed by atoms with Crippen molar-refractivity contribution in [3.05, 3.63) is 136 Å². The zero-order chi connectivity index (χ0) is 30.2. The molecule has 0 aliphatic carbocycles. The highest BCUT2D eigenvalue weighted by Crippen LogP contribution is 2.50. The molecule has 0 aromatic heterocycles. The standard InChI is InChI=1S/C25H20N8O8/c26-17-5-1-13(9-21(17)30(34)35)25(14-2-6-18(27)22(10-14)31(36)37,15-3-7-19(28)23(11-15)32(38)39)16-4-8-20(29)24(12-16)33(40)41/h1-12H,26-29H2. The van der Waals surface area contributed by atoms with Crippen molar-refractivity contribution >= 4 is 45.5 Å². The van der Waals surface area contributed by atoms with Crippen LogP contribution in [0.5, 0.6) is 0 Å². The summed E-state index contributed by atoms with van der Waals surface area (Å²) in [7, 11) is 0. The molecule has 0 bridgehead atoms. The summed E-state index contributed by atoms with van der Waals surface area (Å²) in [5.74, 6) is 0. The van der Waals surface area contributed by atoms with E-state index >= 15 is 0 Å². The molecule has 208 valence electrons. The maximum atomic E-state index is 11.9. The molecule has 4 aromatic carbocycles. The van der Waals surface area contributed by atoms with Gasteiger partial charge in [-0.15, -0.1) is 0 Å². The topological polar surface area (TPSA) is 277 Å². The Labute approximate surface area is 229 Å². The van der Waals surface area contributed by atoms with Crippen LogP contribution in [-0.2, 0) is 5.41 Å². The number of nitrogens with zero attached hydrogens (tertiary/aromatic N) is 4. The molecule has 0 radical (unpaired) electrons. The van der Waals surface area contributed by atoms with Crippen LogP contribution in [0.4, 0.5) is 45.5 Å². The van der Waals surface area contributed by atoms with Gasteiger partial charge in [-0.2, -0.15) is 0 Å². The lowest BCUT2D eigenvalue weighted by molar-refractivity contribution is -0.384. The fourth-order valence-electron chi connectivity index (χ4n) is 4.74. The fourth-order valence-corrected chi connectivity index (χ4v) is 4.74. The molecule has 0 atom stereocenters. The Kier molecular flexibility index (Phi) is 6.82. The molecule has 41 heavy (non-hydrogen) atoms. The number of hydrogen-bond donors (Lipinski definition) is 4. The first-order valence-electron chi connectivity index (χ1n) is 11.5. The Hall–Kier alpha value is -6.32. The first kappa shape index (κ1) is 27.7. The maximum Gasteiger partial charge on any atom is 0.292 e. The number of benzene rings is 4. The average molecular weight is 560 g/mol. The third-order valence-corrected chi connectivity index (χ3v) is 6.64. The van der Waals surface area contributed by atoms with Gasteiger partial charge in [0.05, 0.1) is 25.1 Å². The van der Waals surface area contributed by atoms with Crippen LogP contribution in [0.1, 0.15) is 22.3 Å². The van der Waals surface area contributed by atoms with E-state index in [-0.39, 0.29) is 45.0 Å². The van der Waals surface area contributed by atoms with Crippen LogP contribution < -0.4 is 22.9 Å². The van der Waals surface area contributed by atoms with E-state index in [4.69, 9.17) is 22.9 Å². The van der Waals surface area contributed by atoms with Gasteiger partial charge in [0.25, 0.3) is 22.7 Å². The minimum Gasteiger partial charge on any atom is -0.393 e. The second kappa shape index (κ2) is 10.1. The molecule has 16 heteroatoms. The summed E-state index contributed by atoms with van der Waals surface area (Å²) in [6.45, 7) is 0. The molecule has 8 N–H and O–H groups in total. The zero-order valence-corrected chi connectivity index (χ0v) is 20.8. The number of rotatable bonds is 8. The Balaban J connectivity index is 2.32. The molecule has 0 unspecified atom stereocenters. The summed E-state index contributed by atoms with van der Waals surface area (Å²) in [5, 5.41) is 47.5. The fraction of sp³-hybridized carbons (Fsp3) is 0.0400. The molecule has 0 aliphatic rings. The molecule has 0 amide bonds. The van der Waals surface area contributed by atoms with Gasteiger partial charge in [-0.25, -0.2) is 0 Å². The van der Waals surface area contributed by atoms with Gasteiger partial charge in [-0.05, 0) is 46.5 Å². The van der Waals surface area contributed by atoms with Crippen LogP contribution in [-0.4, -0.2) is 19.7 Å². The highest BCUT2D eigenvalue weighted by molar-refractivity contribution is 5.73. The Bertz CT molecular complexity index is 1520. The Morgan fingerprint density at radius 3 is 0.780 bits per heavy atom. The molecular weight excluding hydrogens is 540 g/mol. The molecule has 0 aliphatic heterocycles. The van der Waals surface area contributed by atoms with Crippen molar-refractivity contribution < 1.29 is 19.7 Å². The lowest BCUT2D eigenvalue weighted by Crippen LogP contribution is -2.32. The van der Waals surface area contributed by atoms with Gasteiger partial charge in [0.15, 0.2) is 0 Å². The number of hydrogen-bond acceptors (Lipinski definition) is 12. The van der Waals surface area contributed by atoms with Gasteiger partial charge < -0.3 is 22.9 Å². The van der Waals surface area contributed by atoms with Gasteiger partial charge in [0.2, 0.25) is 0 Å². The summed E-state index contributed by atoms with van der Waals surface area (Å²) in [6.07, 6.45) is 0. The predicted octanol–water partition coefficient (Wildman–Crippen LogP) is 4.03. The molecule has 0 heterocycles. The minimum atomic E-state index is -1.90. The quantitative estimate of drug-likeness (QED) is 0.103. The monoisotopic (exact) mass is 560 g/mol. The van der Waals surface area contributed by atoms with Crippen LogP contribution in [0.25, 0.3) is 0 Å². The molecule has 0 spiro atoms. The van der Waals surface area contributed by atoms with Gasteiger partial charge >= 0.3 is 0 Å². The van der Waals surface area contributed by atoms with Crippen molar-refractivity contribution in [1.29, 1.82) is 0 Å². The summed E-state index contributed by atoms with van der Waals surface area (Å²) in [6, 6.07) is 14.7. The second-order valence-corrected chi connectivity index (χ2v) is 8.87. The SMILES string of the molecule is Nc1ccc(C(c2ccc(N)c([N+](=O)[O-])c2)(c2ccc(N)c([N+](=O)[O-])c2)c2ccc(N)c([N+](=O)[O-])c2)cc1[N+](=O)[O-]. The number of nitro benzene ring substituents is 4. The Morgan fingerprint density at radius 2 is 0.610 bits per heavy atom. The summed E-state index contributed by atoms with van der Waals surface area (Å²) in [5.41, 5.74) is 18.5. The van der Waals surface area contributed by atoms with Crippen molar-refractivity contribution in [2.75, 3.05) is 22.9 Å². The van der Waals surface area contributed by atoms with Gasteiger partial charge in [-0.1, -0.05) is 24.3 Å². The predicted molar refractivity (Wildman–Crippen MR) is 149 cm³/mol. The van der Waals surface area contributed by atoms with Crippen molar-refractivity contribution in [3.8, 4) is 0 Å². The minimum absolute atomic E-state index is 0.0376. The van der Waals surface area contributed by atoms with Gasteiger partial charge in [0, 0.05) is 24.3 Å². The van der Waals surface area contributed by atoms with E-state index in [1.54, 1.807) is 0 Å². The third kappa shape index (κ3) is 4.60. The van der Waals surface area contributed by atoms with E-state index in [2.05, 4.69) is 0 Å². The number of nitrogen functional groups attached to an aromatic ring is 4. The summed E-state index contributed by atoms with van der Waals surface area (Å²) >= 11 is 0. The largest absolute Gasteiger partial charge is 0.393 e. The Morgan fingerprint density at radius 1 is 0.415 bits per heavy atom. The van der Waals surface area contributed by atoms with Crippen LogP contribution in [0, 0.1) is 40.5 Å². The van der Waals surface area contributed by atoms with E-state index in [9.17, 15) is 40.5 Å². The van der Waals surface area contributed by atoms with E-state index in [0.717, 1.165) is 24.3 Å². The van der Waals surface area contributed by atoms with Crippen molar-refractivity contribution in [2.24, 2.45) is 0 Å². The first-order valence-corrected chi connectivity index (χ1v) is 11.5. The summed E-state index contributed by atoms with van der Waals surface area (Å²) < 4.78 is 0. The van der Waals surface area contributed by atoms with E-state index in [1.165, 1.54) is 48.5 Å². The lowest BCUT2D eigenvalue weighted by atomic mass is 9.64. The van der Waals surface area contributed by atoms with Crippen LogP contribution in [0.15, 0.2) is 72.8 Å². The second-order valence-electron chi connectivity index (χ2n) is 8.87. The smallest absolute Gasteiger partial charge is 0.292 e. The highest BCUT2D eigenvalue weighted by Gasteiger charge is 2.43. The van der Waals surface area contributed by atoms with Gasteiger partial charge in [-0.3, -0.25) is 40.5 Å². The molecular formula is C25H20N8O8. The first-order chi connectivity index (χ1) is 19.3. The molecule has 16 nitrogen and oxygen atoms in total. The molecule has 0 fully saturated rings. The number of nitro groups is 4. The third-order valence-electron chi connectivity index (χ3n) is 6.64. The molecule has 0 saturated heterocycles. The summed E-state index contributed by atoms with van der Waals surface area (Å²) in [4.78, 5) is 44.5. The molecule has 0 saturated carbocycles. The van der Waals surface area contributed by atoms with E-state index in [1.807, 2.05) is 0 Å². The van der Waals surface area contributed by atoms with Crippen LogP contribution >= 0.6 is 0 Å². The van der Waals surface area contributed by atoms with Crippen molar-refractivity contribution in [3.63, 3.8) is 0 Å². The lowest BCUT2D eigenvalue weighted by Gasteiger charge is -2.36.